The van der Waals surface area contributed by atoms with Gasteiger partial charge in [0.25, 0.3) is 10.2 Å². The minimum absolute atomic E-state index is 0.0466. The molecule has 0 aromatic heterocycles. The van der Waals surface area contributed by atoms with Crippen LogP contribution in [0.3, 0.4) is 0 Å². The van der Waals surface area contributed by atoms with Gasteiger partial charge in [0.2, 0.25) is 0 Å². The van der Waals surface area contributed by atoms with Crippen LogP contribution in [0, 0.1) is 5.92 Å². The number of hydrogen-bond donors (Lipinski definition) is 3. The molecule has 0 bridgehead atoms. The topological polar surface area (TPSA) is 78.4 Å². The van der Waals surface area contributed by atoms with Crippen LogP contribution in [0.1, 0.15) is 20.8 Å². The first-order valence-electron chi connectivity index (χ1n) is 5.23. The highest BCUT2D eigenvalue weighted by atomic mass is 32.2. The third kappa shape index (κ3) is 6.70. The molecule has 0 amide bonds. The Labute approximate surface area is 103 Å². The molecule has 0 saturated carbocycles. The normalized spacial score (nSPS) is 16.4. The molecule has 0 aliphatic carbocycles. The summed E-state index contributed by atoms with van der Waals surface area (Å²) in [5.74, 6) is 0.265. The highest BCUT2D eigenvalue weighted by Crippen LogP contribution is 2.10. The van der Waals surface area contributed by atoms with Crippen LogP contribution < -0.4 is 9.44 Å². The van der Waals surface area contributed by atoms with Gasteiger partial charge in [-0.25, -0.2) is 4.72 Å². The van der Waals surface area contributed by atoms with Gasteiger partial charge in [0.1, 0.15) is 0 Å². The van der Waals surface area contributed by atoms with Gasteiger partial charge in [-0.1, -0.05) is 13.8 Å². The number of hydrogen-bond acceptors (Lipinski definition) is 4. The zero-order valence-electron chi connectivity index (χ0n) is 10.2. The first kappa shape index (κ1) is 16.2. The van der Waals surface area contributed by atoms with E-state index in [9.17, 15) is 8.42 Å². The van der Waals surface area contributed by atoms with E-state index in [4.69, 9.17) is 5.11 Å². The van der Waals surface area contributed by atoms with Gasteiger partial charge in [-0.15, -0.1) is 0 Å². The van der Waals surface area contributed by atoms with E-state index in [1.807, 2.05) is 20.1 Å². The average molecular weight is 270 g/mol. The predicted molar refractivity (Wildman–Crippen MR) is 68.7 cm³/mol. The first-order chi connectivity index (χ1) is 7.32. The van der Waals surface area contributed by atoms with Crippen molar-refractivity contribution in [1.82, 2.24) is 9.44 Å². The molecule has 0 aliphatic rings. The van der Waals surface area contributed by atoms with E-state index in [2.05, 4.69) is 9.44 Å². The molecule has 0 aromatic carbocycles. The molecule has 0 spiro atoms. The lowest BCUT2D eigenvalue weighted by molar-refractivity contribution is 0.282. The Bertz CT molecular complexity index is 276. The molecule has 98 valence electrons. The zero-order valence-corrected chi connectivity index (χ0v) is 11.9. The van der Waals surface area contributed by atoms with Crippen molar-refractivity contribution in [3.05, 3.63) is 0 Å². The lowest BCUT2D eigenvalue weighted by Crippen LogP contribution is -2.47. The molecule has 16 heavy (non-hydrogen) atoms. The third-order valence-corrected chi connectivity index (χ3v) is 4.45. The Balaban J connectivity index is 4.24. The van der Waals surface area contributed by atoms with Gasteiger partial charge in [0.15, 0.2) is 0 Å². The fourth-order valence-corrected chi connectivity index (χ4v) is 3.08. The molecule has 0 radical (unpaired) electrons. The Morgan fingerprint density at radius 1 is 1.31 bits per heavy atom. The van der Waals surface area contributed by atoms with Crippen LogP contribution in [0.2, 0.25) is 0 Å². The summed E-state index contributed by atoms with van der Waals surface area (Å²) in [7, 11) is -3.47. The summed E-state index contributed by atoms with van der Waals surface area (Å²) in [6.45, 7) is 5.97. The second-order valence-corrected chi connectivity index (χ2v) is 6.72. The molecule has 2 atom stereocenters. The second kappa shape index (κ2) is 7.50. The van der Waals surface area contributed by atoms with Crippen molar-refractivity contribution in [3.8, 4) is 0 Å². The maximum Gasteiger partial charge on any atom is 0.277 e. The fourth-order valence-electron chi connectivity index (χ4n) is 1.08. The van der Waals surface area contributed by atoms with Gasteiger partial charge in [0.05, 0.1) is 6.61 Å². The summed E-state index contributed by atoms with van der Waals surface area (Å²) >= 11 is 1.44. The minimum atomic E-state index is -3.47. The number of aliphatic hydroxyl groups is 1. The molecule has 5 nitrogen and oxygen atoms in total. The van der Waals surface area contributed by atoms with E-state index in [1.165, 1.54) is 11.8 Å². The molecular formula is C9H22N2O3S2. The second-order valence-electron chi connectivity index (χ2n) is 4.11. The molecule has 2 unspecified atom stereocenters. The molecule has 0 aromatic rings. The molecule has 0 rings (SSSR count). The molecule has 0 saturated heterocycles. The van der Waals surface area contributed by atoms with E-state index in [0.29, 0.717) is 6.54 Å². The quantitative estimate of drug-likeness (QED) is 0.588. The minimum Gasteiger partial charge on any atom is -0.395 e. The maximum absolute atomic E-state index is 11.6. The monoisotopic (exact) mass is 270 g/mol. The van der Waals surface area contributed by atoms with Crippen LogP contribution in [0.15, 0.2) is 0 Å². The van der Waals surface area contributed by atoms with Gasteiger partial charge in [-0.05, 0) is 19.1 Å². The maximum atomic E-state index is 11.6. The highest BCUT2D eigenvalue weighted by molar-refractivity contribution is 7.99. The standard InChI is InChI=1S/C9H22N2O3S2/c1-7(2)5-10-16(13,14)11-8(3)9(6-12)15-4/h7-12H,5-6H2,1-4H3. The first-order valence-corrected chi connectivity index (χ1v) is 8.00. The Morgan fingerprint density at radius 2 is 1.88 bits per heavy atom. The van der Waals surface area contributed by atoms with Crippen molar-refractivity contribution in [2.24, 2.45) is 5.92 Å². The summed E-state index contributed by atoms with van der Waals surface area (Å²) in [6, 6.07) is -0.301. The van der Waals surface area contributed by atoms with Crippen molar-refractivity contribution >= 4 is 22.0 Å². The van der Waals surface area contributed by atoms with Crippen LogP contribution >= 0.6 is 11.8 Å². The van der Waals surface area contributed by atoms with Gasteiger partial charge in [-0.2, -0.15) is 24.9 Å². The van der Waals surface area contributed by atoms with Crippen LogP contribution in [0.25, 0.3) is 0 Å². The number of thioether (sulfide) groups is 1. The molecule has 3 N–H and O–H groups in total. The zero-order chi connectivity index (χ0) is 12.8. The smallest absolute Gasteiger partial charge is 0.277 e. The molecule has 7 heteroatoms. The van der Waals surface area contributed by atoms with E-state index in [-0.39, 0.29) is 23.8 Å². The van der Waals surface area contributed by atoms with Crippen LogP contribution in [0.5, 0.6) is 0 Å². The summed E-state index contributed by atoms with van der Waals surface area (Å²) in [6.07, 6.45) is 1.84. The van der Waals surface area contributed by atoms with Crippen LogP contribution in [-0.2, 0) is 10.2 Å². The molecular weight excluding hydrogens is 248 g/mol. The summed E-state index contributed by atoms with van der Waals surface area (Å²) in [5.41, 5.74) is 0. The lowest BCUT2D eigenvalue weighted by atomic mass is 10.2. The Morgan fingerprint density at radius 3 is 2.25 bits per heavy atom. The summed E-state index contributed by atoms with van der Waals surface area (Å²) < 4.78 is 28.1. The van der Waals surface area contributed by atoms with Crippen molar-refractivity contribution in [2.75, 3.05) is 19.4 Å². The number of aliphatic hydroxyl groups excluding tert-OH is 1. The lowest BCUT2D eigenvalue weighted by Gasteiger charge is -2.21. The van der Waals surface area contributed by atoms with Gasteiger partial charge in [0, 0.05) is 17.8 Å². The van der Waals surface area contributed by atoms with Gasteiger partial charge in [-0.3, -0.25) is 0 Å². The third-order valence-electron chi connectivity index (χ3n) is 2.06. The highest BCUT2D eigenvalue weighted by Gasteiger charge is 2.20. The molecule has 0 aliphatic heterocycles. The van der Waals surface area contributed by atoms with Crippen LogP contribution in [0.4, 0.5) is 0 Å². The summed E-state index contributed by atoms with van der Waals surface area (Å²) in [5, 5.41) is 8.91. The molecule has 0 heterocycles. The van der Waals surface area contributed by atoms with Crippen LogP contribution in [-0.4, -0.2) is 44.2 Å². The van der Waals surface area contributed by atoms with E-state index < -0.39 is 10.2 Å². The Kier molecular flexibility index (Phi) is 7.58. The Hall–Kier alpha value is 0.180. The van der Waals surface area contributed by atoms with Gasteiger partial charge >= 0.3 is 0 Å². The van der Waals surface area contributed by atoms with Gasteiger partial charge < -0.3 is 5.11 Å². The van der Waals surface area contributed by atoms with E-state index >= 15 is 0 Å². The van der Waals surface area contributed by atoms with Crippen molar-refractivity contribution in [3.63, 3.8) is 0 Å². The molecule has 0 fully saturated rings. The summed E-state index contributed by atoms with van der Waals surface area (Å²) in [4.78, 5) is 0. The number of nitrogens with one attached hydrogen (secondary N) is 2. The van der Waals surface area contributed by atoms with Crippen molar-refractivity contribution in [1.29, 1.82) is 0 Å². The van der Waals surface area contributed by atoms with E-state index in [0.717, 1.165) is 0 Å². The van der Waals surface area contributed by atoms with Crippen molar-refractivity contribution in [2.45, 2.75) is 32.1 Å². The number of rotatable bonds is 8. The SMILES string of the molecule is CSC(CO)C(C)NS(=O)(=O)NCC(C)C. The van der Waals surface area contributed by atoms with E-state index in [1.54, 1.807) is 6.92 Å². The fraction of sp³-hybridized carbons (Fsp3) is 1.00. The average Bonchev–Trinajstić information content (AvgIpc) is 2.16. The van der Waals surface area contributed by atoms with Crippen molar-refractivity contribution < 1.29 is 13.5 Å². The predicted octanol–water partition coefficient (Wildman–Crippen LogP) is 0.179. The largest absolute Gasteiger partial charge is 0.395 e.